The number of fused-ring (bicyclic) bond motifs is 5. The van der Waals surface area contributed by atoms with Gasteiger partial charge in [-0.2, -0.15) is 0 Å². The Hall–Kier alpha value is -5.86. The molecule has 1 heterocycles. The van der Waals surface area contributed by atoms with Crippen molar-refractivity contribution in [2.45, 2.75) is 12.5 Å². The van der Waals surface area contributed by atoms with Gasteiger partial charge < -0.3 is 9.47 Å². The van der Waals surface area contributed by atoms with Gasteiger partial charge in [-0.3, -0.25) is 0 Å². The molecule has 0 aliphatic heterocycles. The van der Waals surface area contributed by atoms with Crippen molar-refractivity contribution < 1.29 is 0 Å². The van der Waals surface area contributed by atoms with E-state index in [0.29, 0.717) is 0 Å². The van der Waals surface area contributed by atoms with Gasteiger partial charge in [0.25, 0.3) is 0 Å². The first kappa shape index (κ1) is 26.5. The summed E-state index contributed by atoms with van der Waals surface area (Å²) in [5, 5.41) is 7.56. The molecule has 0 radical (unpaired) electrons. The molecule has 0 fully saturated rings. The minimum Gasteiger partial charge on any atom is -0.334 e. The number of para-hydroxylation sites is 2. The van der Waals surface area contributed by atoms with Crippen LogP contribution < -0.4 is 4.90 Å². The molecule has 9 rings (SSSR count). The number of allylic oxidation sites excluding steroid dienone is 2. The van der Waals surface area contributed by atoms with Gasteiger partial charge >= 0.3 is 0 Å². The van der Waals surface area contributed by atoms with Crippen molar-refractivity contribution in [3.8, 4) is 16.8 Å². The molecule has 0 N–H and O–H groups in total. The predicted octanol–water partition coefficient (Wildman–Crippen LogP) is 11.8. The van der Waals surface area contributed by atoms with Crippen molar-refractivity contribution in [2.75, 3.05) is 4.90 Å². The van der Waals surface area contributed by atoms with Gasteiger partial charge in [0, 0.05) is 27.8 Å². The van der Waals surface area contributed by atoms with Crippen LogP contribution in [0.2, 0.25) is 0 Å². The highest BCUT2D eigenvalue weighted by atomic mass is 15.2. The van der Waals surface area contributed by atoms with Crippen molar-refractivity contribution in [2.24, 2.45) is 0 Å². The molecule has 0 saturated carbocycles. The molecule has 2 nitrogen and oxygen atoms in total. The number of hydrogen-bond acceptors (Lipinski definition) is 1. The minimum absolute atomic E-state index is 0.242. The Morgan fingerprint density at radius 3 is 1.85 bits per heavy atom. The summed E-state index contributed by atoms with van der Waals surface area (Å²) in [5.41, 5.74) is 8.49. The van der Waals surface area contributed by atoms with E-state index >= 15 is 0 Å². The van der Waals surface area contributed by atoms with E-state index in [9.17, 15) is 0 Å². The first-order valence-corrected chi connectivity index (χ1v) is 16.0. The van der Waals surface area contributed by atoms with Crippen molar-refractivity contribution in [3.05, 3.63) is 176 Å². The highest BCUT2D eigenvalue weighted by Gasteiger charge is 2.20. The molecule has 2 heteroatoms. The average molecular weight is 589 g/mol. The second-order valence-corrected chi connectivity index (χ2v) is 12.2. The Balaban J connectivity index is 1.10. The van der Waals surface area contributed by atoms with Gasteiger partial charge in [0.2, 0.25) is 0 Å². The molecule has 46 heavy (non-hydrogen) atoms. The van der Waals surface area contributed by atoms with E-state index in [2.05, 4.69) is 185 Å². The summed E-state index contributed by atoms with van der Waals surface area (Å²) < 4.78 is 2.39. The second kappa shape index (κ2) is 10.9. The Bertz CT molecular complexity index is 2410. The van der Waals surface area contributed by atoms with Crippen LogP contribution in [0.3, 0.4) is 0 Å². The molecule has 0 spiro atoms. The summed E-state index contributed by atoms with van der Waals surface area (Å²) in [7, 11) is 0. The topological polar surface area (TPSA) is 8.17 Å². The smallest absolute Gasteiger partial charge is 0.0559 e. The molecular formula is C44H32N2. The van der Waals surface area contributed by atoms with Crippen LogP contribution in [-0.4, -0.2) is 10.6 Å². The lowest BCUT2D eigenvalue weighted by Gasteiger charge is -2.33. The summed E-state index contributed by atoms with van der Waals surface area (Å²) >= 11 is 0. The molecule has 0 saturated heterocycles. The Morgan fingerprint density at radius 1 is 0.478 bits per heavy atom. The highest BCUT2D eigenvalue weighted by molar-refractivity contribution is 6.09. The van der Waals surface area contributed by atoms with E-state index in [0.717, 1.165) is 6.42 Å². The molecule has 1 aliphatic rings. The maximum Gasteiger partial charge on any atom is 0.0559 e. The van der Waals surface area contributed by atoms with Gasteiger partial charge in [-0.1, -0.05) is 121 Å². The van der Waals surface area contributed by atoms with Crippen LogP contribution in [0, 0.1) is 0 Å². The highest BCUT2D eigenvalue weighted by Crippen LogP contribution is 2.37. The number of nitrogens with zero attached hydrogens (tertiary/aromatic N) is 2. The van der Waals surface area contributed by atoms with E-state index < -0.39 is 0 Å². The summed E-state index contributed by atoms with van der Waals surface area (Å²) in [6.07, 6.45) is 9.86. The fourth-order valence-electron chi connectivity index (χ4n) is 7.18. The van der Waals surface area contributed by atoms with Crippen molar-refractivity contribution >= 4 is 54.7 Å². The second-order valence-electron chi connectivity index (χ2n) is 12.2. The average Bonchev–Trinajstić information content (AvgIpc) is 3.46. The number of rotatable bonds is 5. The van der Waals surface area contributed by atoms with Crippen LogP contribution in [0.1, 0.15) is 6.42 Å². The van der Waals surface area contributed by atoms with Crippen LogP contribution in [-0.2, 0) is 0 Å². The van der Waals surface area contributed by atoms with Crippen molar-refractivity contribution in [1.29, 1.82) is 0 Å². The summed E-state index contributed by atoms with van der Waals surface area (Å²) in [6, 6.07) is 55.7. The molecule has 1 aromatic heterocycles. The third-order valence-electron chi connectivity index (χ3n) is 9.44. The fraction of sp³-hybridized carbons (Fsp3) is 0.0455. The summed E-state index contributed by atoms with van der Waals surface area (Å²) in [4.78, 5) is 2.48. The zero-order chi connectivity index (χ0) is 30.5. The molecule has 7 aromatic carbocycles. The van der Waals surface area contributed by atoms with Crippen LogP contribution in [0.25, 0.3) is 60.2 Å². The van der Waals surface area contributed by atoms with E-state index in [1.54, 1.807) is 0 Å². The number of anilines is 2. The molecule has 1 atom stereocenters. The van der Waals surface area contributed by atoms with Crippen LogP contribution in [0.15, 0.2) is 176 Å². The number of benzene rings is 7. The van der Waals surface area contributed by atoms with E-state index in [-0.39, 0.29) is 6.04 Å². The van der Waals surface area contributed by atoms with Crippen LogP contribution >= 0.6 is 0 Å². The van der Waals surface area contributed by atoms with Crippen LogP contribution in [0.4, 0.5) is 11.4 Å². The first-order chi connectivity index (χ1) is 22.8. The maximum absolute atomic E-state index is 2.48. The zero-order valence-electron chi connectivity index (χ0n) is 25.4. The zero-order valence-corrected chi connectivity index (χ0v) is 25.4. The van der Waals surface area contributed by atoms with Gasteiger partial charge in [-0.05, 0) is 93.7 Å². The Kier molecular flexibility index (Phi) is 6.31. The molecule has 8 aromatic rings. The Labute approximate surface area is 268 Å². The predicted molar refractivity (Wildman–Crippen MR) is 196 cm³/mol. The lowest BCUT2D eigenvalue weighted by molar-refractivity contribution is 0.785. The lowest BCUT2D eigenvalue weighted by atomic mass is 9.99. The number of aromatic nitrogens is 1. The summed E-state index contributed by atoms with van der Waals surface area (Å²) in [6.45, 7) is 0. The van der Waals surface area contributed by atoms with Gasteiger partial charge in [0.1, 0.15) is 0 Å². The standard InChI is InChI=1S/C44H32N2/c1-2-12-37(13-3-1)45(38-24-20-32(21-25-38)34-19-18-31-10-4-5-11-33(31)28-34)39-26-22-36-30-40(27-23-35(36)29-39)46-43-16-8-6-14-41(43)42-15-7-9-17-44(42)46/h1-12,14-30,37H,13H2. The molecular weight excluding hydrogens is 556 g/mol. The van der Waals surface area contributed by atoms with Gasteiger partial charge in [0.15, 0.2) is 0 Å². The van der Waals surface area contributed by atoms with Crippen LogP contribution in [0.5, 0.6) is 0 Å². The lowest BCUT2D eigenvalue weighted by Crippen LogP contribution is -2.29. The molecule has 0 amide bonds. The van der Waals surface area contributed by atoms with Crippen molar-refractivity contribution in [1.82, 2.24) is 4.57 Å². The van der Waals surface area contributed by atoms with Gasteiger partial charge in [-0.15, -0.1) is 0 Å². The van der Waals surface area contributed by atoms with E-state index in [1.807, 2.05) is 0 Å². The Morgan fingerprint density at radius 2 is 1.09 bits per heavy atom. The first-order valence-electron chi connectivity index (χ1n) is 16.0. The number of hydrogen-bond donors (Lipinski definition) is 0. The van der Waals surface area contributed by atoms with E-state index in [4.69, 9.17) is 0 Å². The third kappa shape index (κ3) is 4.50. The minimum atomic E-state index is 0.242. The fourth-order valence-corrected chi connectivity index (χ4v) is 7.18. The largest absolute Gasteiger partial charge is 0.334 e. The monoisotopic (exact) mass is 588 g/mol. The van der Waals surface area contributed by atoms with Gasteiger partial charge in [0.05, 0.1) is 17.1 Å². The van der Waals surface area contributed by atoms with Gasteiger partial charge in [-0.25, -0.2) is 0 Å². The third-order valence-corrected chi connectivity index (χ3v) is 9.44. The molecule has 0 bridgehead atoms. The quantitative estimate of drug-likeness (QED) is 0.194. The summed E-state index contributed by atoms with van der Waals surface area (Å²) in [5.74, 6) is 0. The molecule has 218 valence electrons. The maximum atomic E-state index is 2.48. The van der Waals surface area contributed by atoms with E-state index in [1.165, 1.54) is 71.5 Å². The normalized spacial score (nSPS) is 14.5. The SMILES string of the molecule is C1=CCC(N(c2ccc(-c3ccc4ccccc4c3)cc2)c2ccc3cc(-n4c5ccccc5c5ccccc54)ccc3c2)C=C1. The van der Waals surface area contributed by atoms with Crippen molar-refractivity contribution in [3.63, 3.8) is 0 Å². The molecule has 1 unspecified atom stereocenters. The molecule has 1 aliphatic carbocycles.